The number of methoxy groups -OCH3 is 2. The predicted molar refractivity (Wildman–Crippen MR) is 75.3 cm³/mol. The van der Waals surface area contributed by atoms with Gasteiger partial charge in [-0.05, 0) is 19.1 Å². The zero-order valence-corrected chi connectivity index (χ0v) is 12.7. The van der Waals surface area contributed by atoms with E-state index in [0.717, 1.165) is 0 Å². The van der Waals surface area contributed by atoms with Crippen molar-refractivity contribution in [1.82, 2.24) is 0 Å². The molecule has 0 fully saturated rings. The van der Waals surface area contributed by atoms with Crippen LogP contribution in [0.3, 0.4) is 0 Å². The van der Waals surface area contributed by atoms with Crippen molar-refractivity contribution in [3.8, 4) is 11.5 Å². The fourth-order valence-electron chi connectivity index (χ4n) is 1.72. The average molecular weight is 326 g/mol. The molecule has 2 N–H and O–H groups in total. The molecule has 1 aromatic rings. The Morgan fingerprint density at radius 3 is 2.14 bits per heavy atom. The Kier molecular flexibility index (Phi) is 7.38. The smallest absolute Gasteiger partial charge is 0.379 e. The van der Waals surface area contributed by atoms with Crippen LogP contribution in [0.25, 0.3) is 0 Å². The number of ether oxygens (including phenoxy) is 3. The molecule has 0 saturated heterocycles. The van der Waals surface area contributed by atoms with Crippen LogP contribution in [0.5, 0.6) is 11.5 Å². The van der Waals surface area contributed by atoms with Crippen molar-refractivity contribution < 1.29 is 27.8 Å². The second-order valence-electron chi connectivity index (χ2n) is 3.90. The average Bonchev–Trinajstić information content (AvgIpc) is 2.45. The van der Waals surface area contributed by atoms with Crippen LogP contribution >= 0.6 is 12.4 Å². The Balaban J connectivity index is 0.00000400. The Labute approximate surface area is 127 Å². The Bertz CT molecular complexity index is 463. The van der Waals surface area contributed by atoms with Gasteiger partial charge in [0.25, 0.3) is 0 Å². The summed E-state index contributed by atoms with van der Waals surface area (Å²) < 4.78 is 42.4. The number of carbonyl (C=O) groups is 1. The summed E-state index contributed by atoms with van der Waals surface area (Å²) in [5.74, 6) is -5.35. The van der Waals surface area contributed by atoms with Gasteiger partial charge in [0.05, 0.1) is 26.4 Å². The summed E-state index contributed by atoms with van der Waals surface area (Å²) in [7, 11) is 2.63. The quantitative estimate of drug-likeness (QED) is 0.813. The Morgan fingerprint density at radius 2 is 1.76 bits per heavy atom. The maximum Gasteiger partial charge on any atom is 0.379 e. The largest absolute Gasteiger partial charge is 0.496 e. The molecule has 0 aliphatic rings. The van der Waals surface area contributed by atoms with Crippen molar-refractivity contribution in [3.05, 3.63) is 23.8 Å². The molecule has 0 aliphatic heterocycles. The molecule has 0 saturated carbocycles. The van der Waals surface area contributed by atoms with Crippen LogP contribution in [0.1, 0.15) is 18.5 Å². The number of hydrogen-bond acceptors (Lipinski definition) is 5. The van der Waals surface area contributed by atoms with Crippen LogP contribution in [0.2, 0.25) is 0 Å². The lowest BCUT2D eigenvalue weighted by Crippen LogP contribution is -2.42. The van der Waals surface area contributed by atoms with Gasteiger partial charge in [0, 0.05) is 0 Å². The van der Waals surface area contributed by atoms with E-state index in [1.807, 2.05) is 0 Å². The molecule has 1 rings (SSSR count). The predicted octanol–water partition coefficient (Wildman–Crippen LogP) is 2.32. The van der Waals surface area contributed by atoms with Crippen LogP contribution in [-0.2, 0) is 9.53 Å². The zero-order valence-electron chi connectivity index (χ0n) is 11.9. The number of rotatable bonds is 6. The van der Waals surface area contributed by atoms with E-state index >= 15 is 0 Å². The van der Waals surface area contributed by atoms with E-state index in [1.54, 1.807) is 6.07 Å². The fourth-order valence-corrected chi connectivity index (χ4v) is 1.72. The normalized spacial score (nSPS) is 12.1. The third-order valence-corrected chi connectivity index (χ3v) is 2.72. The van der Waals surface area contributed by atoms with E-state index in [1.165, 1.54) is 33.3 Å². The first kappa shape index (κ1) is 19.4. The highest BCUT2D eigenvalue weighted by Crippen LogP contribution is 2.40. The van der Waals surface area contributed by atoms with E-state index in [0.29, 0.717) is 0 Å². The maximum atomic E-state index is 14.0. The van der Waals surface area contributed by atoms with Gasteiger partial charge in [-0.3, -0.25) is 0 Å². The lowest BCUT2D eigenvalue weighted by Gasteiger charge is -2.24. The number of nitrogens with two attached hydrogens (primary N) is 1. The molecule has 0 unspecified atom stereocenters. The van der Waals surface area contributed by atoms with Gasteiger partial charge in [-0.25, -0.2) is 4.79 Å². The lowest BCUT2D eigenvalue weighted by molar-refractivity contribution is -0.174. The minimum Gasteiger partial charge on any atom is -0.496 e. The summed E-state index contributed by atoms with van der Waals surface area (Å²) in [6.45, 7) is 1.27. The number of benzene rings is 1. The minimum atomic E-state index is -3.89. The van der Waals surface area contributed by atoms with E-state index in [9.17, 15) is 13.6 Å². The maximum absolute atomic E-state index is 14.0. The molecule has 0 amide bonds. The Morgan fingerprint density at radius 1 is 1.29 bits per heavy atom. The highest BCUT2D eigenvalue weighted by molar-refractivity contribution is 5.85. The number of hydrogen-bond donors (Lipinski definition) is 1. The van der Waals surface area contributed by atoms with Gasteiger partial charge in [-0.15, -0.1) is 12.4 Å². The van der Waals surface area contributed by atoms with Crippen molar-refractivity contribution in [2.45, 2.75) is 18.9 Å². The van der Waals surface area contributed by atoms with Crippen molar-refractivity contribution in [2.75, 3.05) is 20.8 Å². The van der Waals surface area contributed by atoms with Crippen molar-refractivity contribution in [2.24, 2.45) is 5.73 Å². The summed E-state index contributed by atoms with van der Waals surface area (Å²) in [5.41, 5.74) is 5.46. The number of esters is 1. The molecule has 0 spiro atoms. The number of alkyl halides is 2. The van der Waals surface area contributed by atoms with Crippen LogP contribution in [0.15, 0.2) is 18.2 Å². The number of carbonyl (C=O) groups excluding carboxylic acids is 1. The van der Waals surface area contributed by atoms with Gasteiger partial charge in [0.15, 0.2) is 0 Å². The summed E-state index contributed by atoms with van der Waals surface area (Å²) in [6.07, 6.45) is 0. The molecule has 0 bridgehead atoms. The third-order valence-electron chi connectivity index (χ3n) is 2.72. The number of halogens is 3. The first-order chi connectivity index (χ1) is 9.39. The SMILES string of the molecule is CCOC(=O)C(F)(F)[C@H](N)c1c(OC)cccc1OC.Cl. The summed E-state index contributed by atoms with van der Waals surface area (Å²) >= 11 is 0. The van der Waals surface area contributed by atoms with Crippen LogP contribution < -0.4 is 15.2 Å². The third kappa shape index (κ3) is 3.95. The summed E-state index contributed by atoms with van der Waals surface area (Å²) in [5, 5.41) is 0. The van der Waals surface area contributed by atoms with E-state index in [4.69, 9.17) is 15.2 Å². The highest BCUT2D eigenvalue weighted by atomic mass is 35.5. The molecule has 1 aromatic carbocycles. The first-order valence-electron chi connectivity index (χ1n) is 5.91. The second kappa shape index (κ2) is 7.99. The van der Waals surface area contributed by atoms with Crippen LogP contribution in [-0.4, -0.2) is 32.7 Å². The lowest BCUT2D eigenvalue weighted by atomic mass is 9.99. The summed E-state index contributed by atoms with van der Waals surface area (Å²) in [6, 6.07) is 2.54. The topological polar surface area (TPSA) is 70.8 Å². The molecular formula is C13H18ClF2NO4. The molecule has 0 heterocycles. The first-order valence-corrected chi connectivity index (χ1v) is 5.91. The van der Waals surface area contributed by atoms with Gasteiger partial charge in [0.1, 0.15) is 17.5 Å². The molecule has 120 valence electrons. The fraction of sp³-hybridized carbons (Fsp3) is 0.462. The minimum absolute atomic E-state index is 0. The molecule has 1 atom stereocenters. The van der Waals surface area contributed by atoms with Gasteiger partial charge >= 0.3 is 11.9 Å². The van der Waals surface area contributed by atoms with E-state index < -0.39 is 17.9 Å². The molecule has 5 nitrogen and oxygen atoms in total. The van der Waals surface area contributed by atoms with Gasteiger partial charge in [-0.2, -0.15) is 8.78 Å². The van der Waals surface area contributed by atoms with Crippen LogP contribution in [0.4, 0.5) is 8.78 Å². The van der Waals surface area contributed by atoms with E-state index in [2.05, 4.69) is 4.74 Å². The van der Waals surface area contributed by atoms with Crippen molar-refractivity contribution in [1.29, 1.82) is 0 Å². The standard InChI is InChI=1S/C13H17F2NO4.ClH/c1-4-20-12(17)13(14,15)11(16)10-8(18-2)6-5-7-9(10)19-3;/h5-7,11H,4,16H2,1-3H3;1H/t11-;/m1./s1. The Hall–Kier alpha value is -1.60. The highest BCUT2D eigenvalue weighted by Gasteiger charge is 2.49. The zero-order chi connectivity index (χ0) is 15.3. The van der Waals surface area contributed by atoms with E-state index in [-0.39, 0.29) is 36.1 Å². The monoisotopic (exact) mass is 325 g/mol. The van der Waals surface area contributed by atoms with Gasteiger partial charge < -0.3 is 19.9 Å². The molecular weight excluding hydrogens is 308 g/mol. The summed E-state index contributed by atoms with van der Waals surface area (Å²) in [4.78, 5) is 11.3. The molecule has 0 aromatic heterocycles. The van der Waals surface area contributed by atoms with Crippen molar-refractivity contribution >= 4 is 18.4 Å². The molecule has 0 radical (unpaired) electrons. The van der Waals surface area contributed by atoms with Crippen LogP contribution in [0, 0.1) is 0 Å². The molecule has 21 heavy (non-hydrogen) atoms. The van der Waals surface area contributed by atoms with Crippen molar-refractivity contribution in [3.63, 3.8) is 0 Å². The molecule has 0 aliphatic carbocycles. The molecule has 8 heteroatoms. The second-order valence-corrected chi connectivity index (χ2v) is 3.90. The van der Waals surface area contributed by atoms with Gasteiger partial charge in [0.2, 0.25) is 0 Å². The van der Waals surface area contributed by atoms with Gasteiger partial charge in [-0.1, -0.05) is 6.07 Å².